The van der Waals surface area contributed by atoms with Gasteiger partial charge in [-0.3, -0.25) is 9.69 Å². The molecule has 0 spiro atoms. The topological polar surface area (TPSA) is 44.8 Å². The van der Waals surface area contributed by atoms with Crippen LogP contribution in [0.15, 0.2) is 0 Å². The average Bonchev–Trinajstić information content (AvgIpc) is 2.25. The minimum atomic E-state index is 0.122. The third-order valence-electron chi connectivity index (χ3n) is 2.48. The minimum Gasteiger partial charge on any atom is -0.379 e. The van der Waals surface area contributed by atoms with Crippen LogP contribution in [-0.2, 0) is 9.53 Å². The molecule has 15 heavy (non-hydrogen) atoms. The van der Waals surface area contributed by atoms with Crippen molar-refractivity contribution in [3.8, 4) is 0 Å². The molecule has 0 bridgehead atoms. The predicted molar refractivity (Wildman–Crippen MR) is 58.8 cm³/mol. The number of amides is 1. The largest absolute Gasteiger partial charge is 0.379 e. The molecule has 1 aliphatic rings. The van der Waals surface area contributed by atoms with Crippen molar-refractivity contribution >= 4 is 5.91 Å². The molecule has 1 N–H and O–H groups in total. The van der Waals surface area contributed by atoms with Crippen LogP contribution in [0.5, 0.6) is 0 Å². The van der Waals surface area contributed by atoms with Gasteiger partial charge in [0.2, 0.25) is 5.91 Å². The summed E-state index contributed by atoms with van der Waals surface area (Å²) in [5, 5.41) is 3.14. The summed E-state index contributed by atoms with van der Waals surface area (Å²) in [6.45, 7) is 5.95. The number of morpholine rings is 1. The molecule has 0 atom stereocenters. The Labute approximate surface area is 91.4 Å². The first-order valence-corrected chi connectivity index (χ1v) is 5.41. The zero-order chi connectivity index (χ0) is 11.1. The summed E-state index contributed by atoms with van der Waals surface area (Å²) in [6.07, 6.45) is 0. The molecule has 1 saturated heterocycles. The monoisotopic (exact) mass is 215 g/mol. The van der Waals surface area contributed by atoms with E-state index < -0.39 is 0 Å². The van der Waals surface area contributed by atoms with Crippen LogP contribution in [0, 0.1) is 0 Å². The maximum absolute atomic E-state index is 11.2. The molecule has 1 heterocycles. The molecule has 1 aliphatic heterocycles. The maximum Gasteiger partial charge on any atom is 0.236 e. The lowest BCUT2D eigenvalue weighted by molar-refractivity contribution is -0.127. The second-order valence-electron chi connectivity index (χ2n) is 3.92. The molecule has 0 aromatic heterocycles. The number of rotatable bonds is 5. The summed E-state index contributed by atoms with van der Waals surface area (Å²) >= 11 is 0. The van der Waals surface area contributed by atoms with E-state index in [1.807, 2.05) is 0 Å². The molecule has 0 aliphatic carbocycles. The van der Waals surface area contributed by atoms with Crippen molar-refractivity contribution in [1.29, 1.82) is 0 Å². The fourth-order valence-electron chi connectivity index (χ4n) is 1.42. The molecule has 1 amide bonds. The van der Waals surface area contributed by atoms with Crippen LogP contribution in [-0.4, -0.2) is 75.7 Å². The molecule has 5 heteroatoms. The van der Waals surface area contributed by atoms with Crippen LogP contribution in [0.25, 0.3) is 0 Å². The first kappa shape index (κ1) is 12.4. The molecule has 1 fully saturated rings. The van der Waals surface area contributed by atoms with Gasteiger partial charge in [0.05, 0.1) is 19.8 Å². The normalized spacial score (nSPS) is 17.7. The van der Waals surface area contributed by atoms with E-state index in [0.717, 1.165) is 39.4 Å². The van der Waals surface area contributed by atoms with Gasteiger partial charge in [0.1, 0.15) is 0 Å². The van der Waals surface area contributed by atoms with Crippen LogP contribution in [0.1, 0.15) is 0 Å². The van der Waals surface area contributed by atoms with Crippen molar-refractivity contribution in [2.24, 2.45) is 0 Å². The summed E-state index contributed by atoms with van der Waals surface area (Å²) in [5.74, 6) is 0.122. The Hall–Kier alpha value is -0.650. The van der Waals surface area contributed by atoms with E-state index in [0.29, 0.717) is 6.54 Å². The van der Waals surface area contributed by atoms with Crippen molar-refractivity contribution in [3.05, 3.63) is 0 Å². The number of carbonyl (C=O) groups excluding carboxylic acids is 1. The first-order valence-electron chi connectivity index (χ1n) is 5.41. The van der Waals surface area contributed by atoms with E-state index in [-0.39, 0.29) is 5.91 Å². The molecule has 0 aromatic rings. The van der Waals surface area contributed by atoms with Crippen molar-refractivity contribution in [1.82, 2.24) is 15.1 Å². The van der Waals surface area contributed by atoms with Crippen LogP contribution in [0.4, 0.5) is 0 Å². The minimum absolute atomic E-state index is 0.122. The van der Waals surface area contributed by atoms with Gasteiger partial charge < -0.3 is 15.0 Å². The summed E-state index contributed by atoms with van der Waals surface area (Å²) in [4.78, 5) is 15.2. The lowest BCUT2D eigenvalue weighted by atomic mass is 10.4. The van der Waals surface area contributed by atoms with Gasteiger partial charge in [0.25, 0.3) is 0 Å². The maximum atomic E-state index is 11.2. The van der Waals surface area contributed by atoms with Gasteiger partial charge in [-0.25, -0.2) is 0 Å². The van der Waals surface area contributed by atoms with Crippen LogP contribution in [0.2, 0.25) is 0 Å². The molecule has 1 rings (SSSR count). The van der Waals surface area contributed by atoms with Crippen molar-refractivity contribution in [2.45, 2.75) is 0 Å². The van der Waals surface area contributed by atoms with E-state index in [9.17, 15) is 4.79 Å². The second kappa shape index (κ2) is 6.76. The highest BCUT2D eigenvalue weighted by Crippen LogP contribution is 1.94. The summed E-state index contributed by atoms with van der Waals surface area (Å²) in [7, 11) is 3.54. The quantitative estimate of drug-likeness (QED) is 0.597. The van der Waals surface area contributed by atoms with Crippen LogP contribution in [0.3, 0.4) is 0 Å². The highest BCUT2D eigenvalue weighted by molar-refractivity contribution is 5.77. The van der Waals surface area contributed by atoms with Crippen molar-refractivity contribution < 1.29 is 9.53 Å². The molecular formula is C10H21N3O2. The number of nitrogens with one attached hydrogen (secondary N) is 1. The number of hydrogen-bond donors (Lipinski definition) is 1. The second-order valence-corrected chi connectivity index (χ2v) is 3.92. The fourth-order valence-corrected chi connectivity index (χ4v) is 1.42. The highest BCUT2D eigenvalue weighted by atomic mass is 16.5. The van der Waals surface area contributed by atoms with Gasteiger partial charge in [0, 0.05) is 40.3 Å². The van der Waals surface area contributed by atoms with Gasteiger partial charge in [-0.2, -0.15) is 0 Å². The number of likely N-dealkylation sites (N-methyl/N-ethyl adjacent to an activating group) is 1. The van der Waals surface area contributed by atoms with Gasteiger partial charge in [-0.15, -0.1) is 0 Å². The first-order chi connectivity index (χ1) is 7.20. The van der Waals surface area contributed by atoms with Crippen LogP contribution < -0.4 is 5.32 Å². The Bertz CT molecular complexity index is 191. The molecule has 0 saturated carbocycles. The lowest BCUT2D eigenvalue weighted by Gasteiger charge is -2.26. The van der Waals surface area contributed by atoms with Gasteiger partial charge >= 0.3 is 0 Å². The number of carbonyl (C=O) groups is 1. The smallest absolute Gasteiger partial charge is 0.236 e. The predicted octanol–water partition coefficient (Wildman–Crippen LogP) is -1.00. The third-order valence-corrected chi connectivity index (χ3v) is 2.48. The van der Waals surface area contributed by atoms with E-state index in [2.05, 4.69) is 10.2 Å². The standard InChI is InChI=1S/C10H21N3O2/c1-12(2)10(14)9-11-3-4-13-5-7-15-8-6-13/h11H,3-9H2,1-2H3. The zero-order valence-corrected chi connectivity index (χ0v) is 9.66. The molecule has 5 nitrogen and oxygen atoms in total. The highest BCUT2D eigenvalue weighted by Gasteiger charge is 2.09. The van der Waals surface area contributed by atoms with E-state index in [4.69, 9.17) is 4.74 Å². The van der Waals surface area contributed by atoms with Crippen molar-refractivity contribution in [2.75, 3.05) is 60.0 Å². The van der Waals surface area contributed by atoms with Crippen LogP contribution >= 0.6 is 0 Å². The van der Waals surface area contributed by atoms with Gasteiger partial charge in [-0.1, -0.05) is 0 Å². The van der Waals surface area contributed by atoms with Gasteiger partial charge in [0.15, 0.2) is 0 Å². The summed E-state index contributed by atoms with van der Waals surface area (Å²) < 4.78 is 5.25. The Morgan fingerprint density at radius 3 is 2.67 bits per heavy atom. The molecule has 88 valence electrons. The Morgan fingerprint density at radius 1 is 1.40 bits per heavy atom. The van der Waals surface area contributed by atoms with Gasteiger partial charge in [-0.05, 0) is 0 Å². The van der Waals surface area contributed by atoms with Crippen molar-refractivity contribution in [3.63, 3.8) is 0 Å². The Kier molecular flexibility index (Phi) is 5.60. The number of nitrogens with zero attached hydrogens (tertiary/aromatic N) is 2. The lowest BCUT2D eigenvalue weighted by Crippen LogP contribution is -2.42. The van der Waals surface area contributed by atoms with E-state index in [1.54, 1.807) is 19.0 Å². The molecule has 0 unspecified atom stereocenters. The third kappa shape index (κ3) is 5.11. The molecular weight excluding hydrogens is 194 g/mol. The fraction of sp³-hybridized carbons (Fsp3) is 0.900. The summed E-state index contributed by atoms with van der Waals surface area (Å²) in [6, 6.07) is 0. The zero-order valence-electron chi connectivity index (χ0n) is 9.66. The SMILES string of the molecule is CN(C)C(=O)CNCCN1CCOCC1. The number of hydrogen-bond acceptors (Lipinski definition) is 4. The summed E-state index contributed by atoms with van der Waals surface area (Å²) in [5.41, 5.74) is 0. The Morgan fingerprint density at radius 2 is 2.07 bits per heavy atom. The average molecular weight is 215 g/mol. The molecule has 0 radical (unpaired) electrons. The Balaban J connectivity index is 1.98. The number of ether oxygens (including phenoxy) is 1. The molecule has 0 aromatic carbocycles. The van der Waals surface area contributed by atoms with E-state index in [1.165, 1.54) is 0 Å². The van der Waals surface area contributed by atoms with E-state index >= 15 is 0 Å².